The fourth-order valence-corrected chi connectivity index (χ4v) is 1.33. The zero-order valence-corrected chi connectivity index (χ0v) is 9.35. The van der Waals surface area contributed by atoms with Gasteiger partial charge in [0.05, 0.1) is 27.4 Å². The van der Waals surface area contributed by atoms with Crippen molar-refractivity contribution >= 4 is 0 Å². The third-order valence-corrected chi connectivity index (χ3v) is 2.13. The van der Waals surface area contributed by atoms with Crippen molar-refractivity contribution in [1.29, 1.82) is 5.26 Å². The average molecular weight is 223 g/mol. The molecule has 5 heteroatoms. The largest absolute Gasteiger partial charge is 0.493 e. The fraction of sp³-hybridized carbons (Fsp3) is 0.364. The highest BCUT2D eigenvalue weighted by Crippen LogP contribution is 2.39. The first-order valence-electron chi connectivity index (χ1n) is 4.55. The highest BCUT2D eigenvalue weighted by atomic mass is 16.5. The summed E-state index contributed by atoms with van der Waals surface area (Å²) < 4.78 is 15.3. The van der Waals surface area contributed by atoms with Crippen molar-refractivity contribution < 1.29 is 19.3 Å². The van der Waals surface area contributed by atoms with Gasteiger partial charge >= 0.3 is 0 Å². The van der Waals surface area contributed by atoms with Crippen LogP contribution in [0.25, 0.3) is 0 Å². The first-order valence-corrected chi connectivity index (χ1v) is 4.55. The van der Waals surface area contributed by atoms with Gasteiger partial charge in [-0.2, -0.15) is 5.26 Å². The number of ether oxygens (including phenoxy) is 3. The summed E-state index contributed by atoms with van der Waals surface area (Å²) in [6, 6.07) is 4.80. The second kappa shape index (κ2) is 5.24. The van der Waals surface area contributed by atoms with Crippen LogP contribution in [0.5, 0.6) is 17.2 Å². The summed E-state index contributed by atoms with van der Waals surface area (Å²) in [4.78, 5) is 0. The van der Waals surface area contributed by atoms with Crippen molar-refractivity contribution in [2.45, 2.75) is 6.10 Å². The Morgan fingerprint density at radius 3 is 1.94 bits per heavy atom. The summed E-state index contributed by atoms with van der Waals surface area (Å²) in [5.74, 6) is 1.25. The summed E-state index contributed by atoms with van der Waals surface area (Å²) in [5, 5.41) is 18.0. The van der Waals surface area contributed by atoms with Crippen LogP contribution < -0.4 is 14.2 Å². The molecule has 1 rings (SSSR count). The molecule has 1 N–H and O–H groups in total. The van der Waals surface area contributed by atoms with Crippen LogP contribution in [-0.2, 0) is 0 Å². The standard InChI is InChI=1S/C11H13NO4/c1-14-9-4-7(8(13)6-12)5-10(15-2)11(9)16-3/h4-5,8,13H,1-3H3. The minimum Gasteiger partial charge on any atom is -0.493 e. The van der Waals surface area contributed by atoms with Crippen LogP contribution >= 0.6 is 0 Å². The summed E-state index contributed by atoms with van der Waals surface area (Å²) >= 11 is 0. The van der Waals surface area contributed by atoms with E-state index < -0.39 is 6.10 Å². The van der Waals surface area contributed by atoms with Crippen LogP contribution in [0, 0.1) is 11.3 Å². The average Bonchev–Trinajstić information content (AvgIpc) is 2.35. The SMILES string of the molecule is COc1cc(C(O)C#N)cc(OC)c1OC. The van der Waals surface area contributed by atoms with E-state index in [1.54, 1.807) is 6.07 Å². The molecule has 0 bridgehead atoms. The van der Waals surface area contributed by atoms with Crippen LogP contribution in [-0.4, -0.2) is 26.4 Å². The van der Waals surface area contributed by atoms with Gasteiger partial charge in [-0.05, 0) is 12.1 Å². The highest BCUT2D eigenvalue weighted by Gasteiger charge is 2.16. The number of methoxy groups -OCH3 is 3. The molecule has 1 aromatic carbocycles. The third-order valence-electron chi connectivity index (χ3n) is 2.13. The fourth-order valence-electron chi connectivity index (χ4n) is 1.33. The molecular weight excluding hydrogens is 210 g/mol. The molecule has 0 spiro atoms. The van der Waals surface area contributed by atoms with E-state index >= 15 is 0 Å². The molecule has 16 heavy (non-hydrogen) atoms. The van der Waals surface area contributed by atoms with Crippen LogP contribution in [0.4, 0.5) is 0 Å². The van der Waals surface area contributed by atoms with Crippen molar-refractivity contribution in [3.8, 4) is 23.3 Å². The van der Waals surface area contributed by atoms with Crippen LogP contribution in [0.3, 0.4) is 0 Å². The minimum absolute atomic E-state index is 0.400. The predicted molar refractivity (Wildman–Crippen MR) is 56.7 cm³/mol. The Morgan fingerprint density at radius 2 is 1.62 bits per heavy atom. The summed E-state index contributed by atoms with van der Waals surface area (Å²) in [7, 11) is 4.43. The van der Waals surface area contributed by atoms with E-state index in [1.165, 1.54) is 33.5 Å². The molecule has 0 heterocycles. The second-order valence-corrected chi connectivity index (χ2v) is 2.99. The molecule has 0 aliphatic rings. The molecule has 0 aromatic heterocycles. The van der Waals surface area contributed by atoms with Crippen LogP contribution in [0.1, 0.15) is 11.7 Å². The molecule has 0 amide bonds. The Balaban J connectivity index is 3.32. The molecular formula is C11H13NO4. The molecule has 1 atom stereocenters. The van der Waals surface area contributed by atoms with Crippen molar-refractivity contribution in [2.24, 2.45) is 0 Å². The molecule has 1 unspecified atom stereocenters. The summed E-state index contributed by atoms with van der Waals surface area (Å²) in [5.41, 5.74) is 0.400. The number of aliphatic hydroxyl groups excluding tert-OH is 1. The highest BCUT2D eigenvalue weighted by molar-refractivity contribution is 5.54. The minimum atomic E-state index is -1.21. The number of benzene rings is 1. The Kier molecular flexibility index (Phi) is 3.97. The maximum Gasteiger partial charge on any atom is 0.203 e. The van der Waals surface area contributed by atoms with Crippen molar-refractivity contribution in [2.75, 3.05) is 21.3 Å². The Bertz CT molecular complexity index is 386. The summed E-state index contributed by atoms with van der Waals surface area (Å²) in [6.45, 7) is 0. The molecule has 5 nitrogen and oxygen atoms in total. The molecule has 0 fully saturated rings. The maximum atomic E-state index is 9.42. The number of rotatable bonds is 4. The van der Waals surface area contributed by atoms with Crippen molar-refractivity contribution in [1.82, 2.24) is 0 Å². The molecule has 0 radical (unpaired) electrons. The van der Waals surface area contributed by atoms with Gasteiger partial charge in [0.1, 0.15) is 0 Å². The Labute approximate surface area is 93.8 Å². The van der Waals surface area contributed by atoms with Crippen LogP contribution in [0.15, 0.2) is 12.1 Å². The van der Waals surface area contributed by atoms with Crippen molar-refractivity contribution in [3.05, 3.63) is 17.7 Å². The second-order valence-electron chi connectivity index (χ2n) is 2.99. The van der Waals surface area contributed by atoms with Gasteiger partial charge in [-0.15, -0.1) is 0 Å². The Hall–Kier alpha value is -1.93. The third kappa shape index (κ3) is 2.18. The van der Waals surface area contributed by atoms with E-state index in [0.717, 1.165) is 0 Å². The quantitative estimate of drug-likeness (QED) is 0.778. The van der Waals surface area contributed by atoms with Gasteiger partial charge in [0, 0.05) is 5.56 Å². The lowest BCUT2D eigenvalue weighted by atomic mass is 10.1. The number of hydrogen-bond donors (Lipinski definition) is 1. The van der Waals surface area contributed by atoms with Gasteiger partial charge in [0.2, 0.25) is 5.75 Å². The molecule has 1 aromatic rings. The Morgan fingerprint density at radius 1 is 1.12 bits per heavy atom. The van der Waals surface area contributed by atoms with Gasteiger partial charge in [-0.1, -0.05) is 0 Å². The van der Waals surface area contributed by atoms with E-state index in [1.807, 2.05) is 0 Å². The normalized spacial score (nSPS) is 11.4. The summed E-state index contributed by atoms with van der Waals surface area (Å²) in [6.07, 6.45) is -1.21. The van der Waals surface area contributed by atoms with E-state index in [9.17, 15) is 5.11 Å². The van der Waals surface area contributed by atoms with E-state index in [2.05, 4.69) is 0 Å². The number of hydrogen-bond acceptors (Lipinski definition) is 5. The van der Waals surface area contributed by atoms with Crippen molar-refractivity contribution in [3.63, 3.8) is 0 Å². The number of nitriles is 1. The van der Waals surface area contributed by atoms with Crippen LogP contribution in [0.2, 0.25) is 0 Å². The van der Waals surface area contributed by atoms with E-state index in [-0.39, 0.29) is 0 Å². The number of nitrogens with zero attached hydrogens (tertiary/aromatic N) is 1. The lowest BCUT2D eigenvalue weighted by Gasteiger charge is -2.14. The molecule has 0 saturated carbocycles. The first-order chi connectivity index (χ1) is 7.67. The zero-order chi connectivity index (χ0) is 12.1. The van der Waals surface area contributed by atoms with E-state index in [0.29, 0.717) is 22.8 Å². The van der Waals surface area contributed by atoms with Gasteiger partial charge in [0.15, 0.2) is 17.6 Å². The zero-order valence-electron chi connectivity index (χ0n) is 9.35. The maximum absolute atomic E-state index is 9.42. The monoisotopic (exact) mass is 223 g/mol. The molecule has 0 saturated heterocycles. The topological polar surface area (TPSA) is 71.7 Å². The predicted octanol–water partition coefficient (Wildman–Crippen LogP) is 1.27. The molecule has 0 aliphatic heterocycles. The molecule has 86 valence electrons. The van der Waals surface area contributed by atoms with Gasteiger partial charge in [0.25, 0.3) is 0 Å². The smallest absolute Gasteiger partial charge is 0.203 e. The first kappa shape index (κ1) is 12.1. The lowest BCUT2D eigenvalue weighted by molar-refractivity contribution is 0.233. The van der Waals surface area contributed by atoms with E-state index in [4.69, 9.17) is 19.5 Å². The lowest BCUT2D eigenvalue weighted by Crippen LogP contribution is -1.99. The van der Waals surface area contributed by atoms with Gasteiger partial charge in [-0.25, -0.2) is 0 Å². The number of aliphatic hydroxyl groups is 1. The van der Waals surface area contributed by atoms with Gasteiger partial charge in [-0.3, -0.25) is 0 Å². The molecule has 0 aliphatic carbocycles. The van der Waals surface area contributed by atoms with Gasteiger partial charge < -0.3 is 19.3 Å².